The second-order valence-corrected chi connectivity index (χ2v) is 11.3. The van der Waals surface area contributed by atoms with Crippen molar-refractivity contribution < 1.29 is 37.3 Å². The van der Waals surface area contributed by atoms with E-state index in [9.17, 15) is 37.5 Å². The second kappa shape index (κ2) is 13.9. The number of benzene rings is 2. The van der Waals surface area contributed by atoms with Gasteiger partial charge >= 0.3 is 18.2 Å². The highest BCUT2D eigenvalue weighted by Crippen LogP contribution is 2.48. The molecule has 1 heterocycles. The lowest BCUT2D eigenvalue weighted by Gasteiger charge is -2.19. The summed E-state index contributed by atoms with van der Waals surface area (Å²) >= 11 is 6.01. The van der Waals surface area contributed by atoms with Gasteiger partial charge in [0.15, 0.2) is 12.4 Å². The first-order valence-electron chi connectivity index (χ1n) is 14.6. The highest BCUT2D eigenvalue weighted by atomic mass is 35.5. The van der Waals surface area contributed by atoms with Crippen molar-refractivity contribution in [1.82, 2.24) is 20.3 Å². The summed E-state index contributed by atoms with van der Waals surface area (Å²) in [6.07, 6.45) is -3.48. The summed E-state index contributed by atoms with van der Waals surface area (Å²) in [4.78, 5) is 60.5. The maximum Gasteiger partial charge on any atom is 0.422 e. The molecule has 1 fully saturated rings. The van der Waals surface area contributed by atoms with Crippen molar-refractivity contribution in [3.05, 3.63) is 90.7 Å². The number of aliphatic carboxylic acids is 1. The number of carboxylic acid groups (broad SMARTS) is 1. The van der Waals surface area contributed by atoms with E-state index in [4.69, 9.17) is 21.1 Å². The van der Waals surface area contributed by atoms with Gasteiger partial charge in [-0.3, -0.25) is 14.4 Å². The van der Waals surface area contributed by atoms with Crippen LogP contribution < -0.4 is 36.3 Å². The van der Waals surface area contributed by atoms with E-state index in [1.165, 1.54) is 24.3 Å². The summed E-state index contributed by atoms with van der Waals surface area (Å²) in [5.41, 5.74) is -0.678. The van der Waals surface area contributed by atoms with E-state index in [2.05, 4.69) is 30.9 Å². The molecule has 252 valence electrons. The lowest BCUT2D eigenvalue weighted by atomic mass is 10.00. The van der Waals surface area contributed by atoms with Crippen LogP contribution in [0.15, 0.2) is 58.1 Å². The number of alkyl halides is 3. The van der Waals surface area contributed by atoms with Gasteiger partial charge in [0.25, 0.3) is 11.3 Å². The quantitative estimate of drug-likeness (QED) is 0.131. The van der Waals surface area contributed by atoms with E-state index >= 15 is 0 Å². The molecule has 0 bridgehead atoms. The molecule has 0 saturated heterocycles. The van der Waals surface area contributed by atoms with E-state index < -0.39 is 53.1 Å². The average molecular weight is 689 g/mol. The van der Waals surface area contributed by atoms with Crippen LogP contribution in [0.5, 0.6) is 11.8 Å². The summed E-state index contributed by atoms with van der Waals surface area (Å²) in [6.45, 7) is 0.169. The SMILES string of the molecule is CCOc1c(CC[C@H](NC(=O)c2ccc(Nc3nc(NC4(c5ccc(Cl)cc5)CC4)nc(OCC(F)(F)F)n3)cc2)C(=O)O)c(=O)c1=O. The van der Waals surface area contributed by atoms with Crippen molar-refractivity contribution in [2.24, 2.45) is 0 Å². The number of carbonyl (C=O) groups is 2. The summed E-state index contributed by atoms with van der Waals surface area (Å²) in [5, 5.41) is 18.6. The van der Waals surface area contributed by atoms with Crippen LogP contribution in [0, 0.1) is 0 Å². The molecule has 1 atom stereocenters. The van der Waals surface area contributed by atoms with Gasteiger partial charge in [-0.05, 0) is 74.6 Å². The Bertz CT molecular complexity index is 1880. The summed E-state index contributed by atoms with van der Waals surface area (Å²) in [6, 6.07) is 10.8. The van der Waals surface area contributed by atoms with Crippen molar-refractivity contribution in [3.8, 4) is 11.8 Å². The molecule has 1 aliphatic carbocycles. The van der Waals surface area contributed by atoms with E-state index in [0.29, 0.717) is 23.6 Å². The van der Waals surface area contributed by atoms with Crippen LogP contribution in [0.4, 0.5) is 30.8 Å². The average Bonchev–Trinajstić information content (AvgIpc) is 3.82. The molecular weight excluding hydrogens is 661 g/mol. The number of nitrogens with one attached hydrogen (secondary N) is 3. The number of hydrogen-bond acceptors (Lipinski definition) is 11. The zero-order valence-electron chi connectivity index (χ0n) is 25.2. The molecule has 3 aromatic carbocycles. The van der Waals surface area contributed by atoms with Gasteiger partial charge in [0.1, 0.15) is 6.04 Å². The molecule has 0 spiro atoms. The standard InChI is InChI=1S/C31H28ClF3N6O7/c1-2-47-24-20(22(42)23(24)43)11-12-21(26(45)46)37-25(44)16-3-9-19(10-4-16)36-27-38-28(40-29(39-27)48-15-31(33,34)35)41-30(13-14-30)17-5-7-18(32)8-6-17/h3-10,21H,2,11-15H2,1H3,(H,37,44)(H,45,46)(H2,36,38,39,40,41)/t21-/m0/s1. The minimum atomic E-state index is -4.64. The van der Waals surface area contributed by atoms with Crippen LogP contribution in [-0.2, 0) is 16.8 Å². The molecule has 5 rings (SSSR count). The summed E-state index contributed by atoms with van der Waals surface area (Å²) < 4.78 is 48.6. The Labute approximate surface area is 275 Å². The zero-order valence-corrected chi connectivity index (χ0v) is 25.9. The van der Waals surface area contributed by atoms with E-state index in [1.54, 1.807) is 19.1 Å². The Morgan fingerprint density at radius 2 is 1.65 bits per heavy atom. The maximum atomic E-state index is 12.9. The fourth-order valence-corrected chi connectivity index (χ4v) is 4.96. The van der Waals surface area contributed by atoms with Crippen LogP contribution in [0.2, 0.25) is 5.02 Å². The molecule has 4 N–H and O–H groups in total. The van der Waals surface area contributed by atoms with Gasteiger partial charge in [0, 0.05) is 16.3 Å². The van der Waals surface area contributed by atoms with Crippen molar-refractivity contribution in [1.29, 1.82) is 0 Å². The van der Waals surface area contributed by atoms with Crippen LogP contribution in [0.25, 0.3) is 0 Å². The predicted octanol–water partition coefficient (Wildman–Crippen LogP) is 4.12. The van der Waals surface area contributed by atoms with Crippen molar-refractivity contribution in [2.45, 2.75) is 50.4 Å². The van der Waals surface area contributed by atoms with Gasteiger partial charge in [-0.25, -0.2) is 4.79 Å². The zero-order chi connectivity index (χ0) is 34.6. The monoisotopic (exact) mass is 688 g/mol. The third kappa shape index (κ3) is 8.17. The third-order valence-corrected chi connectivity index (χ3v) is 7.67. The Hall–Kier alpha value is -5.25. The van der Waals surface area contributed by atoms with Crippen LogP contribution >= 0.6 is 11.6 Å². The highest BCUT2D eigenvalue weighted by Gasteiger charge is 2.45. The molecule has 4 aromatic rings. The van der Waals surface area contributed by atoms with Crippen LogP contribution in [0.1, 0.15) is 47.7 Å². The second-order valence-electron chi connectivity index (χ2n) is 10.9. The number of amides is 1. The van der Waals surface area contributed by atoms with Gasteiger partial charge in [-0.2, -0.15) is 28.1 Å². The Kier molecular flexibility index (Phi) is 9.84. The lowest BCUT2D eigenvalue weighted by Crippen LogP contribution is -2.43. The Morgan fingerprint density at radius 3 is 2.25 bits per heavy atom. The molecule has 0 unspecified atom stereocenters. The fourth-order valence-electron chi connectivity index (χ4n) is 4.84. The normalized spacial score (nSPS) is 14.2. The van der Waals surface area contributed by atoms with Gasteiger partial charge < -0.3 is 30.5 Å². The molecule has 17 heteroatoms. The topological polar surface area (TPSA) is 182 Å². The lowest BCUT2D eigenvalue weighted by molar-refractivity contribution is -0.154. The van der Waals surface area contributed by atoms with Gasteiger partial charge in [-0.15, -0.1) is 0 Å². The number of hydrogen-bond donors (Lipinski definition) is 4. The smallest absolute Gasteiger partial charge is 0.422 e. The fraction of sp³-hybridized carbons (Fsp3) is 0.323. The first kappa shape index (κ1) is 34.1. The molecule has 0 aliphatic heterocycles. The number of nitrogens with zero attached hydrogens (tertiary/aromatic N) is 3. The first-order valence-corrected chi connectivity index (χ1v) is 15.0. The third-order valence-electron chi connectivity index (χ3n) is 7.42. The minimum Gasteiger partial charge on any atom is -0.489 e. The first-order chi connectivity index (χ1) is 22.8. The van der Waals surface area contributed by atoms with E-state index in [0.717, 1.165) is 5.56 Å². The van der Waals surface area contributed by atoms with Crippen molar-refractivity contribution in [2.75, 3.05) is 23.8 Å². The van der Waals surface area contributed by atoms with Gasteiger partial charge in [-0.1, -0.05) is 23.7 Å². The van der Waals surface area contributed by atoms with Crippen LogP contribution in [-0.4, -0.2) is 57.4 Å². The Morgan fingerprint density at radius 1 is 0.979 bits per heavy atom. The molecule has 0 radical (unpaired) electrons. The number of halogens is 4. The number of rotatable bonds is 15. The largest absolute Gasteiger partial charge is 0.489 e. The van der Waals surface area contributed by atoms with E-state index in [1.807, 2.05) is 12.1 Å². The van der Waals surface area contributed by atoms with Crippen molar-refractivity contribution in [3.63, 3.8) is 0 Å². The summed E-state index contributed by atoms with van der Waals surface area (Å²) in [5.74, 6) is -2.34. The predicted molar refractivity (Wildman–Crippen MR) is 167 cm³/mol. The molecule has 1 aliphatic rings. The molecule has 1 amide bonds. The highest BCUT2D eigenvalue weighted by molar-refractivity contribution is 6.30. The number of carboxylic acids is 1. The molecular formula is C31H28ClF3N6O7. The van der Waals surface area contributed by atoms with Gasteiger partial charge in [0.2, 0.25) is 17.3 Å². The molecule has 1 aromatic heterocycles. The summed E-state index contributed by atoms with van der Waals surface area (Å²) in [7, 11) is 0. The number of carbonyl (C=O) groups excluding carboxylic acids is 1. The Balaban J connectivity index is 1.27. The molecule has 1 saturated carbocycles. The molecule has 48 heavy (non-hydrogen) atoms. The number of ether oxygens (including phenoxy) is 2. The van der Waals surface area contributed by atoms with Gasteiger partial charge in [0.05, 0.1) is 17.7 Å². The maximum absolute atomic E-state index is 12.9. The molecule has 13 nitrogen and oxygen atoms in total. The minimum absolute atomic E-state index is 0.0371. The number of aromatic nitrogens is 3. The van der Waals surface area contributed by atoms with E-state index in [-0.39, 0.29) is 48.2 Å². The van der Waals surface area contributed by atoms with Crippen molar-refractivity contribution >= 4 is 41.1 Å². The number of anilines is 3. The van der Waals surface area contributed by atoms with Crippen LogP contribution in [0.3, 0.4) is 0 Å².